The van der Waals surface area contributed by atoms with Gasteiger partial charge >= 0.3 is 6.18 Å². The summed E-state index contributed by atoms with van der Waals surface area (Å²) in [6.45, 7) is 2.92. The van der Waals surface area contributed by atoms with Crippen molar-refractivity contribution in [1.82, 2.24) is 4.31 Å². The molecular formula is C8H14F3NO2S. The average molecular weight is 245 g/mol. The maximum atomic E-state index is 12.6. The summed E-state index contributed by atoms with van der Waals surface area (Å²) >= 11 is 0. The fraction of sp³-hybridized carbons (Fsp3) is 1.00. The molecule has 0 amide bonds. The second kappa shape index (κ2) is 3.93. The van der Waals surface area contributed by atoms with Crippen molar-refractivity contribution in [1.29, 1.82) is 0 Å². The van der Waals surface area contributed by atoms with Crippen LogP contribution in [0.4, 0.5) is 13.2 Å². The van der Waals surface area contributed by atoms with E-state index in [-0.39, 0.29) is 18.6 Å². The smallest absolute Gasteiger partial charge is 0.212 e. The summed E-state index contributed by atoms with van der Waals surface area (Å²) in [7, 11) is -3.74. The molecule has 0 saturated carbocycles. The first kappa shape index (κ1) is 12.8. The summed E-state index contributed by atoms with van der Waals surface area (Å²) in [6, 6.07) is -2.50. The van der Waals surface area contributed by atoms with Gasteiger partial charge in [0.05, 0.1) is 5.75 Å². The number of alkyl halides is 3. The molecule has 0 aliphatic carbocycles. The maximum Gasteiger partial charge on any atom is 0.405 e. The second-order valence-electron chi connectivity index (χ2n) is 3.94. The molecular weight excluding hydrogens is 231 g/mol. The van der Waals surface area contributed by atoms with Crippen molar-refractivity contribution in [3.63, 3.8) is 0 Å². The van der Waals surface area contributed by atoms with E-state index >= 15 is 0 Å². The molecule has 1 atom stereocenters. The lowest BCUT2D eigenvalue weighted by Crippen LogP contribution is -2.55. The van der Waals surface area contributed by atoms with Gasteiger partial charge in [0.2, 0.25) is 10.0 Å². The van der Waals surface area contributed by atoms with Gasteiger partial charge in [0.1, 0.15) is 6.04 Å². The molecule has 0 bridgehead atoms. The molecule has 0 aromatic heterocycles. The first-order chi connectivity index (χ1) is 6.66. The minimum Gasteiger partial charge on any atom is -0.212 e. The Kier molecular flexibility index (Phi) is 3.35. The van der Waals surface area contributed by atoms with Crippen molar-refractivity contribution in [2.75, 3.05) is 5.75 Å². The van der Waals surface area contributed by atoms with Crippen LogP contribution < -0.4 is 0 Å². The Bertz CT molecular complexity index is 323. The van der Waals surface area contributed by atoms with E-state index in [1.54, 1.807) is 0 Å². The molecule has 0 spiro atoms. The van der Waals surface area contributed by atoms with E-state index in [4.69, 9.17) is 0 Å². The van der Waals surface area contributed by atoms with Gasteiger partial charge in [-0.2, -0.15) is 17.5 Å². The fourth-order valence-corrected chi connectivity index (χ4v) is 3.87. The van der Waals surface area contributed by atoms with Crippen LogP contribution in [0.15, 0.2) is 0 Å². The Hall–Kier alpha value is -0.300. The minimum atomic E-state index is -4.47. The van der Waals surface area contributed by atoms with Gasteiger partial charge in [0.15, 0.2) is 0 Å². The molecule has 1 saturated heterocycles. The molecule has 0 unspecified atom stereocenters. The van der Waals surface area contributed by atoms with Crippen LogP contribution in [0.2, 0.25) is 0 Å². The Morgan fingerprint density at radius 3 is 2.20 bits per heavy atom. The second-order valence-corrected chi connectivity index (χ2v) is 5.93. The summed E-state index contributed by atoms with van der Waals surface area (Å²) in [5, 5.41) is 0. The largest absolute Gasteiger partial charge is 0.405 e. The van der Waals surface area contributed by atoms with Crippen molar-refractivity contribution in [2.45, 2.75) is 44.9 Å². The highest BCUT2D eigenvalue weighted by molar-refractivity contribution is 7.89. The molecule has 0 N–H and O–H groups in total. The van der Waals surface area contributed by atoms with Crippen molar-refractivity contribution < 1.29 is 21.6 Å². The molecule has 1 rings (SSSR count). The lowest BCUT2D eigenvalue weighted by molar-refractivity contribution is -0.177. The number of halogens is 3. The Labute approximate surface area is 87.3 Å². The Morgan fingerprint density at radius 1 is 1.33 bits per heavy atom. The summed E-state index contributed by atoms with van der Waals surface area (Å²) in [5.74, 6) is -0.183. The average Bonchev–Trinajstić information content (AvgIpc) is 1.99. The zero-order chi connectivity index (χ0) is 11.9. The topological polar surface area (TPSA) is 37.4 Å². The lowest BCUT2D eigenvalue weighted by atomic mass is 10.1. The molecule has 1 aliphatic rings. The normalized spacial score (nSPS) is 28.3. The standard InChI is InChI=1S/C8H14F3NO2S/c1-6(2)12-7(8(9,10)11)4-3-5-15(12,13)14/h6-7H,3-5H2,1-2H3/t7-/m1/s1. The van der Waals surface area contributed by atoms with Crippen LogP contribution in [0.1, 0.15) is 26.7 Å². The highest BCUT2D eigenvalue weighted by atomic mass is 32.2. The van der Waals surface area contributed by atoms with Crippen molar-refractivity contribution in [2.24, 2.45) is 0 Å². The van der Waals surface area contributed by atoms with E-state index < -0.39 is 28.3 Å². The summed E-state index contributed by atoms with van der Waals surface area (Å²) < 4.78 is 61.4. The van der Waals surface area contributed by atoms with E-state index in [2.05, 4.69) is 0 Å². The van der Waals surface area contributed by atoms with Gasteiger partial charge < -0.3 is 0 Å². The predicted molar refractivity (Wildman–Crippen MR) is 49.8 cm³/mol. The number of rotatable bonds is 1. The summed E-state index contributed by atoms with van der Waals surface area (Å²) in [4.78, 5) is 0. The Balaban J connectivity index is 3.06. The molecule has 0 aromatic rings. The SMILES string of the molecule is CC(C)N1[C@@H](C(F)(F)F)CCCS1(=O)=O. The van der Waals surface area contributed by atoms with Crippen LogP contribution in [0.25, 0.3) is 0 Å². The highest BCUT2D eigenvalue weighted by Crippen LogP contribution is 2.34. The van der Waals surface area contributed by atoms with Gasteiger partial charge in [-0.05, 0) is 26.7 Å². The third kappa shape index (κ3) is 2.63. The monoisotopic (exact) mass is 245 g/mol. The van der Waals surface area contributed by atoms with E-state index in [0.717, 1.165) is 0 Å². The first-order valence-corrected chi connectivity index (χ1v) is 6.35. The summed E-state index contributed by atoms with van der Waals surface area (Å²) in [6.07, 6.45) is -4.53. The predicted octanol–water partition coefficient (Wildman–Crippen LogP) is 1.75. The zero-order valence-corrected chi connectivity index (χ0v) is 9.40. The van der Waals surface area contributed by atoms with E-state index in [9.17, 15) is 21.6 Å². The van der Waals surface area contributed by atoms with Gasteiger partial charge in [0.25, 0.3) is 0 Å². The molecule has 1 heterocycles. The number of hydrogen-bond acceptors (Lipinski definition) is 2. The van der Waals surface area contributed by atoms with Crippen LogP contribution in [0, 0.1) is 0 Å². The molecule has 1 aliphatic heterocycles. The molecule has 0 radical (unpaired) electrons. The fourth-order valence-electron chi connectivity index (χ4n) is 1.87. The molecule has 3 nitrogen and oxygen atoms in total. The quantitative estimate of drug-likeness (QED) is 0.705. The van der Waals surface area contributed by atoms with Gasteiger partial charge in [-0.15, -0.1) is 0 Å². The maximum absolute atomic E-state index is 12.6. The number of sulfonamides is 1. The van der Waals surface area contributed by atoms with Crippen molar-refractivity contribution in [3.8, 4) is 0 Å². The first-order valence-electron chi connectivity index (χ1n) is 4.74. The van der Waals surface area contributed by atoms with Crippen LogP contribution in [0.5, 0.6) is 0 Å². The van der Waals surface area contributed by atoms with E-state index in [0.29, 0.717) is 4.31 Å². The van der Waals surface area contributed by atoms with Gasteiger partial charge in [-0.25, -0.2) is 8.42 Å². The number of hydrogen-bond donors (Lipinski definition) is 0. The van der Waals surface area contributed by atoms with E-state index in [1.165, 1.54) is 13.8 Å². The third-order valence-corrected chi connectivity index (χ3v) is 4.52. The molecule has 7 heteroatoms. The van der Waals surface area contributed by atoms with Crippen LogP contribution >= 0.6 is 0 Å². The van der Waals surface area contributed by atoms with Gasteiger partial charge in [-0.3, -0.25) is 0 Å². The van der Waals surface area contributed by atoms with Crippen molar-refractivity contribution in [3.05, 3.63) is 0 Å². The van der Waals surface area contributed by atoms with Crippen LogP contribution in [0.3, 0.4) is 0 Å². The molecule has 90 valence electrons. The van der Waals surface area contributed by atoms with Crippen LogP contribution in [-0.2, 0) is 10.0 Å². The van der Waals surface area contributed by atoms with Crippen molar-refractivity contribution >= 4 is 10.0 Å². The Morgan fingerprint density at radius 2 is 1.87 bits per heavy atom. The molecule has 1 fully saturated rings. The summed E-state index contributed by atoms with van der Waals surface area (Å²) in [5.41, 5.74) is 0. The minimum absolute atomic E-state index is 0.0791. The van der Waals surface area contributed by atoms with E-state index in [1.807, 2.05) is 0 Å². The van der Waals surface area contributed by atoms with Gasteiger partial charge in [0, 0.05) is 6.04 Å². The molecule has 0 aromatic carbocycles. The molecule has 15 heavy (non-hydrogen) atoms. The van der Waals surface area contributed by atoms with Gasteiger partial charge in [-0.1, -0.05) is 0 Å². The third-order valence-electron chi connectivity index (χ3n) is 2.40. The zero-order valence-electron chi connectivity index (χ0n) is 8.58. The lowest BCUT2D eigenvalue weighted by Gasteiger charge is -2.38. The van der Waals surface area contributed by atoms with Crippen LogP contribution in [-0.4, -0.2) is 36.7 Å². The highest BCUT2D eigenvalue weighted by Gasteiger charge is 2.50. The number of nitrogens with zero attached hydrogens (tertiary/aromatic N) is 1.